The summed E-state index contributed by atoms with van der Waals surface area (Å²) in [7, 11) is 1.76. The third-order valence-electron chi connectivity index (χ3n) is 2.50. The first-order valence-corrected chi connectivity index (χ1v) is 5.66. The molecule has 4 heteroatoms. The second-order valence-electron chi connectivity index (χ2n) is 4.45. The van der Waals surface area contributed by atoms with Crippen molar-refractivity contribution in [1.82, 2.24) is 9.88 Å². The number of hydrogen-bond donors (Lipinski definition) is 0. The summed E-state index contributed by atoms with van der Waals surface area (Å²) in [6.45, 7) is 4.94. The number of aromatic nitrogens is 1. The maximum absolute atomic E-state index is 12.0. The molecular formula is C13H17N3O. The lowest BCUT2D eigenvalue weighted by Crippen LogP contribution is -2.29. The van der Waals surface area contributed by atoms with Gasteiger partial charge in [0.15, 0.2) is 0 Å². The highest BCUT2D eigenvalue weighted by Gasteiger charge is 2.13. The topological polar surface area (TPSA) is 57.0 Å². The molecule has 1 heterocycles. The molecule has 0 aromatic carbocycles. The Morgan fingerprint density at radius 1 is 1.59 bits per heavy atom. The molecule has 1 aromatic heterocycles. The summed E-state index contributed by atoms with van der Waals surface area (Å²) in [4.78, 5) is 17.6. The molecule has 0 atom stereocenters. The normalized spacial score (nSPS) is 10.1. The second-order valence-corrected chi connectivity index (χ2v) is 4.45. The summed E-state index contributed by atoms with van der Waals surface area (Å²) < 4.78 is 0. The number of pyridine rings is 1. The molecule has 0 spiro atoms. The van der Waals surface area contributed by atoms with Gasteiger partial charge in [0.25, 0.3) is 5.91 Å². The fourth-order valence-electron chi connectivity index (χ4n) is 1.37. The number of carbonyl (C=O) groups is 1. The van der Waals surface area contributed by atoms with Gasteiger partial charge in [-0.1, -0.05) is 13.8 Å². The third kappa shape index (κ3) is 3.87. The first kappa shape index (κ1) is 13.2. The number of nitriles is 1. The van der Waals surface area contributed by atoms with Crippen LogP contribution in [0.2, 0.25) is 0 Å². The van der Waals surface area contributed by atoms with Gasteiger partial charge in [-0.25, -0.2) is 0 Å². The van der Waals surface area contributed by atoms with Crippen molar-refractivity contribution in [1.29, 1.82) is 5.26 Å². The van der Waals surface area contributed by atoms with Gasteiger partial charge in [0.1, 0.15) is 5.69 Å². The molecule has 0 aliphatic carbocycles. The summed E-state index contributed by atoms with van der Waals surface area (Å²) in [6.07, 6.45) is 2.45. The first-order chi connectivity index (χ1) is 8.04. The van der Waals surface area contributed by atoms with Crippen molar-refractivity contribution in [3.8, 4) is 6.07 Å². The summed E-state index contributed by atoms with van der Waals surface area (Å²) in [5.74, 6) is 0.423. The maximum atomic E-state index is 12.0. The minimum Gasteiger partial charge on any atom is -0.340 e. The van der Waals surface area contributed by atoms with Crippen LogP contribution in [0.15, 0.2) is 18.3 Å². The van der Waals surface area contributed by atoms with Crippen molar-refractivity contribution in [3.63, 3.8) is 0 Å². The van der Waals surface area contributed by atoms with Crippen molar-refractivity contribution >= 4 is 5.91 Å². The van der Waals surface area contributed by atoms with Crippen LogP contribution in [-0.4, -0.2) is 29.4 Å². The summed E-state index contributed by atoms with van der Waals surface area (Å²) >= 11 is 0. The molecule has 0 aliphatic rings. The Morgan fingerprint density at radius 2 is 2.29 bits per heavy atom. The van der Waals surface area contributed by atoms with Crippen molar-refractivity contribution in [2.75, 3.05) is 13.6 Å². The molecule has 0 radical (unpaired) electrons. The molecule has 90 valence electrons. The van der Waals surface area contributed by atoms with Crippen molar-refractivity contribution in [2.24, 2.45) is 5.92 Å². The predicted octanol–water partition coefficient (Wildman–Crippen LogP) is 2.07. The van der Waals surface area contributed by atoms with E-state index in [1.165, 1.54) is 12.3 Å². The molecule has 0 aliphatic heterocycles. The minimum atomic E-state index is -0.136. The predicted molar refractivity (Wildman–Crippen MR) is 65.4 cm³/mol. The molecule has 1 aromatic rings. The molecule has 17 heavy (non-hydrogen) atoms. The zero-order chi connectivity index (χ0) is 12.8. The zero-order valence-corrected chi connectivity index (χ0v) is 10.5. The number of nitrogens with zero attached hydrogens (tertiary/aromatic N) is 3. The van der Waals surface area contributed by atoms with Crippen molar-refractivity contribution in [2.45, 2.75) is 20.3 Å². The largest absolute Gasteiger partial charge is 0.340 e. The van der Waals surface area contributed by atoms with Gasteiger partial charge in [-0.05, 0) is 24.5 Å². The average Bonchev–Trinajstić information content (AvgIpc) is 2.35. The zero-order valence-electron chi connectivity index (χ0n) is 10.5. The summed E-state index contributed by atoms with van der Waals surface area (Å²) in [5, 5.41) is 8.76. The van der Waals surface area contributed by atoms with Crippen LogP contribution in [-0.2, 0) is 0 Å². The highest BCUT2D eigenvalue weighted by Crippen LogP contribution is 2.06. The average molecular weight is 231 g/mol. The van der Waals surface area contributed by atoms with E-state index < -0.39 is 0 Å². The van der Waals surface area contributed by atoms with Crippen LogP contribution < -0.4 is 0 Å². The van der Waals surface area contributed by atoms with Crippen LogP contribution in [0.5, 0.6) is 0 Å². The van der Waals surface area contributed by atoms with Gasteiger partial charge in [-0.15, -0.1) is 0 Å². The minimum absolute atomic E-state index is 0.136. The lowest BCUT2D eigenvalue weighted by Gasteiger charge is -2.17. The van der Waals surface area contributed by atoms with Crippen LogP contribution in [0.4, 0.5) is 0 Å². The third-order valence-corrected chi connectivity index (χ3v) is 2.50. The van der Waals surface area contributed by atoms with Crippen molar-refractivity contribution in [3.05, 3.63) is 29.6 Å². The van der Waals surface area contributed by atoms with Gasteiger partial charge in [0.05, 0.1) is 11.6 Å². The lowest BCUT2D eigenvalue weighted by molar-refractivity contribution is 0.0783. The summed E-state index contributed by atoms with van der Waals surface area (Å²) in [5.41, 5.74) is 0.788. The van der Waals surface area contributed by atoms with E-state index in [1.807, 2.05) is 6.07 Å². The molecule has 0 saturated carbocycles. The number of carbonyl (C=O) groups excluding carboxylic acids is 1. The van der Waals surface area contributed by atoms with Gasteiger partial charge in [-0.2, -0.15) is 5.26 Å². The molecule has 4 nitrogen and oxygen atoms in total. The van der Waals surface area contributed by atoms with E-state index in [4.69, 9.17) is 5.26 Å². The van der Waals surface area contributed by atoms with E-state index in [9.17, 15) is 4.79 Å². The SMILES string of the molecule is CC(C)CCN(C)C(=O)c1cc(C#N)ccn1. The lowest BCUT2D eigenvalue weighted by atomic mass is 10.1. The molecule has 0 bridgehead atoms. The van der Waals surface area contributed by atoms with Gasteiger partial charge in [0, 0.05) is 19.8 Å². The molecular weight excluding hydrogens is 214 g/mol. The Bertz CT molecular complexity index is 435. The number of hydrogen-bond acceptors (Lipinski definition) is 3. The van der Waals surface area contributed by atoms with E-state index in [0.717, 1.165) is 6.42 Å². The monoisotopic (exact) mass is 231 g/mol. The van der Waals surface area contributed by atoms with Crippen LogP contribution in [0.3, 0.4) is 0 Å². The fraction of sp³-hybridized carbons (Fsp3) is 0.462. The summed E-state index contributed by atoms with van der Waals surface area (Å²) in [6, 6.07) is 5.11. The molecule has 0 unspecified atom stereocenters. The molecule has 1 rings (SSSR count). The van der Waals surface area contributed by atoms with Crippen LogP contribution in [0.1, 0.15) is 36.3 Å². The highest BCUT2D eigenvalue weighted by atomic mass is 16.2. The Kier molecular flexibility index (Phi) is 4.65. The quantitative estimate of drug-likeness (QED) is 0.797. The van der Waals surface area contributed by atoms with Crippen LogP contribution in [0, 0.1) is 17.2 Å². The van der Waals surface area contributed by atoms with Crippen LogP contribution >= 0.6 is 0 Å². The highest BCUT2D eigenvalue weighted by molar-refractivity contribution is 5.92. The van der Waals surface area contributed by atoms with Gasteiger partial charge < -0.3 is 4.90 Å². The fourth-order valence-corrected chi connectivity index (χ4v) is 1.37. The van der Waals surface area contributed by atoms with Gasteiger partial charge in [-0.3, -0.25) is 9.78 Å². The molecule has 0 saturated heterocycles. The maximum Gasteiger partial charge on any atom is 0.272 e. The van der Waals surface area contributed by atoms with E-state index >= 15 is 0 Å². The van der Waals surface area contributed by atoms with E-state index in [1.54, 1.807) is 18.0 Å². The standard InChI is InChI=1S/C13H17N3O/c1-10(2)5-7-16(3)13(17)12-8-11(9-14)4-6-15-12/h4,6,8,10H,5,7H2,1-3H3. The van der Waals surface area contributed by atoms with Gasteiger partial charge >= 0.3 is 0 Å². The van der Waals surface area contributed by atoms with E-state index in [-0.39, 0.29) is 5.91 Å². The molecule has 0 N–H and O–H groups in total. The van der Waals surface area contributed by atoms with Gasteiger partial charge in [0.2, 0.25) is 0 Å². The van der Waals surface area contributed by atoms with E-state index in [2.05, 4.69) is 18.8 Å². The number of amides is 1. The Morgan fingerprint density at radius 3 is 2.88 bits per heavy atom. The smallest absolute Gasteiger partial charge is 0.272 e. The first-order valence-electron chi connectivity index (χ1n) is 5.66. The van der Waals surface area contributed by atoms with Crippen LogP contribution in [0.25, 0.3) is 0 Å². The Balaban J connectivity index is 2.71. The van der Waals surface area contributed by atoms with Crippen molar-refractivity contribution < 1.29 is 4.79 Å². The molecule has 1 amide bonds. The van der Waals surface area contributed by atoms with E-state index in [0.29, 0.717) is 23.7 Å². The second kappa shape index (κ2) is 6.00. The number of rotatable bonds is 4. The Labute approximate surface area is 102 Å². The Hall–Kier alpha value is -1.89. The molecule has 0 fully saturated rings.